The highest BCUT2D eigenvalue weighted by atomic mass is 32.2. The van der Waals surface area contributed by atoms with E-state index in [0.717, 1.165) is 25.9 Å². The van der Waals surface area contributed by atoms with E-state index in [-0.39, 0.29) is 11.9 Å². The van der Waals surface area contributed by atoms with E-state index in [1.54, 1.807) is 0 Å². The fraction of sp³-hybridized carbons (Fsp3) is 0.929. The number of carbonyl (C=O) groups excluding carboxylic acids is 1. The summed E-state index contributed by atoms with van der Waals surface area (Å²) in [6.07, 6.45) is 3.16. The zero-order valence-corrected chi connectivity index (χ0v) is 14.1. The van der Waals surface area contributed by atoms with Crippen molar-refractivity contribution in [1.29, 1.82) is 0 Å². The molecule has 2 saturated heterocycles. The van der Waals surface area contributed by atoms with E-state index in [2.05, 4.69) is 18.7 Å². The van der Waals surface area contributed by atoms with Gasteiger partial charge in [0.1, 0.15) is 0 Å². The average Bonchev–Trinajstić information content (AvgIpc) is 2.77. The van der Waals surface area contributed by atoms with E-state index >= 15 is 0 Å². The molecule has 1 amide bonds. The number of likely N-dealkylation sites (tertiary alicyclic amines) is 1. The van der Waals surface area contributed by atoms with Crippen molar-refractivity contribution in [2.24, 2.45) is 5.92 Å². The molecule has 1 atom stereocenters. The molecule has 0 aromatic carbocycles. The molecule has 0 aromatic rings. The summed E-state index contributed by atoms with van der Waals surface area (Å²) in [5, 5.41) is 0. The normalized spacial score (nSPS) is 26.0. The summed E-state index contributed by atoms with van der Waals surface area (Å²) in [5.41, 5.74) is 0. The van der Waals surface area contributed by atoms with Crippen LogP contribution >= 0.6 is 0 Å². The number of carbonyl (C=O) groups is 1. The Labute approximate surface area is 128 Å². The van der Waals surface area contributed by atoms with Gasteiger partial charge in [-0.25, -0.2) is 8.42 Å². The molecule has 0 aliphatic carbocycles. The van der Waals surface area contributed by atoms with E-state index < -0.39 is 10.0 Å². The van der Waals surface area contributed by atoms with E-state index in [9.17, 15) is 13.2 Å². The number of rotatable bonds is 5. The van der Waals surface area contributed by atoms with Crippen molar-refractivity contribution in [2.75, 3.05) is 45.5 Å². The quantitative estimate of drug-likeness (QED) is 0.727. The van der Waals surface area contributed by atoms with E-state index in [4.69, 9.17) is 0 Å². The van der Waals surface area contributed by atoms with Gasteiger partial charge in [-0.2, -0.15) is 4.31 Å². The predicted octanol–water partition coefficient (Wildman–Crippen LogP) is 0.211. The number of sulfonamides is 1. The van der Waals surface area contributed by atoms with Crippen molar-refractivity contribution in [3.63, 3.8) is 0 Å². The molecular weight excluding hydrogens is 290 g/mol. The topological polar surface area (TPSA) is 60.9 Å². The van der Waals surface area contributed by atoms with Gasteiger partial charge in [-0.05, 0) is 18.8 Å². The standard InChI is InChI=1S/C14H27N3O3S/c1-12(2)4-6-16-7-5-13(14(16)18)15-8-10-17(11-9-15)21(3,19)20/h12-13H,4-11H2,1-3H3. The van der Waals surface area contributed by atoms with Gasteiger partial charge in [-0.3, -0.25) is 9.69 Å². The Bertz CT molecular complexity index is 470. The molecule has 2 aliphatic heterocycles. The Balaban J connectivity index is 1.86. The number of amides is 1. The monoisotopic (exact) mass is 317 g/mol. The highest BCUT2D eigenvalue weighted by molar-refractivity contribution is 7.88. The summed E-state index contributed by atoms with van der Waals surface area (Å²) >= 11 is 0. The lowest BCUT2D eigenvalue weighted by Gasteiger charge is -2.36. The highest BCUT2D eigenvalue weighted by Crippen LogP contribution is 2.20. The molecule has 0 bridgehead atoms. The van der Waals surface area contributed by atoms with Gasteiger partial charge in [-0.1, -0.05) is 13.8 Å². The lowest BCUT2D eigenvalue weighted by atomic mass is 10.1. The number of hydrogen-bond acceptors (Lipinski definition) is 4. The second-order valence-corrected chi connectivity index (χ2v) is 8.49. The van der Waals surface area contributed by atoms with Crippen molar-refractivity contribution in [1.82, 2.24) is 14.1 Å². The maximum absolute atomic E-state index is 12.4. The summed E-state index contributed by atoms with van der Waals surface area (Å²) in [7, 11) is -3.10. The third kappa shape index (κ3) is 4.17. The van der Waals surface area contributed by atoms with Crippen molar-refractivity contribution in [2.45, 2.75) is 32.7 Å². The molecule has 6 nitrogen and oxygen atoms in total. The summed E-state index contributed by atoms with van der Waals surface area (Å²) in [6.45, 7) is 8.32. The van der Waals surface area contributed by atoms with Crippen LogP contribution in [0.5, 0.6) is 0 Å². The fourth-order valence-electron chi connectivity index (χ4n) is 3.04. The van der Waals surface area contributed by atoms with E-state index in [1.807, 2.05) is 4.90 Å². The van der Waals surface area contributed by atoms with Crippen LogP contribution in [0.3, 0.4) is 0 Å². The number of nitrogens with zero attached hydrogens (tertiary/aromatic N) is 3. The second kappa shape index (κ2) is 6.62. The number of piperazine rings is 1. The smallest absolute Gasteiger partial charge is 0.239 e. The summed E-state index contributed by atoms with van der Waals surface area (Å²) in [4.78, 5) is 16.6. The third-order valence-electron chi connectivity index (χ3n) is 4.43. The lowest BCUT2D eigenvalue weighted by molar-refractivity contribution is -0.132. The average molecular weight is 317 g/mol. The van der Waals surface area contributed by atoms with Crippen LogP contribution in [0.25, 0.3) is 0 Å². The summed E-state index contributed by atoms with van der Waals surface area (Å²) in [6, 6.07) is -0.0427. The van der Waals surface area contributed by atoms with Gasteiger partial charge in [-0.15, -0.1) is 0 Å². The molecule has 122 valence electrons. The molecular formula is C14H27N3O3S. The molecule has 0 saturated carbocycles. The third-order valence-corrected chi connectivity index (χ3v) is 5.73. The zero-order valence-electron chi connectivity index (χ0n) is 13.3. The molecule has 0 N–H and O–H groups in total. The second-order valence-electron chi connectivity index (χ2n) is 6.51. The SMILES string of the molecule is CC(C)CCN1CCC(N2CCN(S(C)(=O)=O)CC2)C1=O. The molecule has 2 fully saturated rings. The Morgan fingerprint density at radius 2 is 1.76 bits per heavy atom. The highest BCUT2D eigenvalue weighted by Gasteiger charge is 2.37. The van der Waals surface area contributed by atoms with Crippen LogP contribution in [0.2, 0.25) is 0 Å². The van der Waals surface area contributed by atoms with Crippen molar-refractivity contribution in [3.8, 4) is 0 Å². The first kappa shape index (κ1) is 16.7. The maximum atomic E-state index is 12.4. The van der Waals surface area contributed by atoms with Crippen molar-refractivity contribution >= 4 is 15.9 Å². The maximum Gasteiger partial charge on any atom is 0.239 e. The zero-order chi connectivity index (χ0) is 15.6. The van der Waals surface area contributed by atoms with Crippen LogP contribution < -0.4 is 0 Å². The van der Waals surface area contributed by atoms with Crippen LogP contribution in [-0.2, 0) is 14.8 Å². The number of hydrogen-bond donors (Lipinski definition) is 0. The Hall–Kier alpha value is -0.660. The minimum atomic E-state index is -3.10. The van der Waals surface area contributed by atoms with Gasteiger partial charge in [0.25, 0.3) is 0 Å². The first-order chi connectivity index (χ1) is 9.79. The van der Waals surface area contributed by atoms with Crippen molar-refractivity contribution < 1.29 is 13.2 Å². The predicted molar refractivity (Wildman–Crippen MR) is 82.4 cm³/mol. The van der Waals surface area contributed by atoms with Crippen molar-refractivity contribution in [3.05, 3.63) is 0 Å². The molecule has 2 aliphatic rings. The minimum Gasteiger partial charge on any atom is -0.341 e. The molecule has 2 rings (SSSR count). The first-order valence-corrected chi connectivity index (χ1v) is 9.62. The van der Waals surface area contributed by atoms with E-state index in [0.29, 0.717) is 32.1 Å². The van der Waals surface area contributed by atoms with Gasteiger partial charge < -0.3 is 4.90 Å². The molecule has 1 unspecified atom stereocenters. The summed E-state index contributed by atoms with van der Waals surface area (Å²) in [5.74, 6) is 0.832. The van der Waals surface area contributed by atoms with Gasteiger partial charge in [0, 0.05) is 39.3 Å². The van der Waals surface area contributed by atoms with Crippen LogP contribution in [0.4, 0.5) is 0 Å². The van der Waals surface area contributed by atoms with Gasteiger partial charge in [0.2, 0.25) is 15.9 Å². The Kier molecular flexibility index (Phi) is 5.27. The molecule has 0 spiro atoms. The lowest BCUT2D eigenvalue weighted by Crippen LogP contribution is -2.53. The first-order valence-electron chi connectivity index (χ1n) is 7.77. The molecule has 7 heteroatoms. The molecule has 0 radical (unpaired) electrons. The van der Waals surface area contributed by atoms with Crippen LogP contribution in [0.1, 0.15) is 26.7 Å². The van der Waals surface area contributed by atoms with Crippen LogP contribution in [0.15, 0.2) is 0 Å². The van der Waals surface area contributed by atoms with E-state index in [1.165, 1.54) is 10.6 Å². The summed E-state index contributed by atoms with van der Waals surface area (Å²) < 4.78 is 24.5. The van der Waals surface area contributed by atoms with Crippen LogP contribution in [-0.4, -0.2) is 80.0 Å². The van der Waals surface area contributed by atoms with Gasteiger partial charge >= 0.3 is 0 Å². The minimum absolute atomic E-state index is 0.0427. The van der Waals surface area contributed by atoms with Gasteiger partial charge in [0.05, 0.1) is 12.3 Å². The van der Waals surface area contributed by atoms with Gasteiger partial charge in [0.15, 0.2) is 0 Å². The molecule has 0 aromatic heterocycles. The largest absolute Gasteiger partial charge is 0.341 e. The molecule has 21 heavy (non-hydrogen) atoms. The van der Waals surface area contributed by atoms with Crippen LogP contribution in [0, 0.1) is 5.92 Å². The Morgan fingerprint density at radius 3 is 2.29 bits per heavy atom. The Morgan fingerprint density at radius 1 is 1.14 bits per heavy atom. The molecule has 2 heterocycles. The fourth-order valence-corrected chi connectivity index (χ4v) is 3.87.